The van der Waals surface area contributed by atoms with Crippen molar-refractivity contribution in [1.29, 1.82) is 0 Å². The van der Waals surface area contributed by atoms with E-state index in [0.29, 0.717) is 11.4 Å². The van der Waals surface area contributed by atoms with E-state index < -0.39 is 36.6 Å². The number of carbonyl (C=O) groups excluding carboxylic acids is 3. The van der Waals surface area contributed by atoms with Crippen molar-refractivity contribution in [2.45, 2.75) is 25.7 Å². The number of nitrogens with one attached hydrogen (secondary N) is 1. The van der Waals surface area contributed by atoms with Gasteiger partial charge in [0.1, 0.15) is 5.75 Å². The number of halogens is 3. The lowest BCUT2D eigenvalue weighted by atomic mass is 10.1. The topological polar surface area (TPSA) is 84.9 Å². The standard InChI is InChI=1S/C20H17F3N2O5/c1-12-10-17(26)24-15-4-2-3-5-16(15)25(12)18(27)11-29-19(28)13-6-8-14(9-7-13)30-20(21,22)23/h2-9,12H,10-11H2,1H3,(H,24,26). The van der Waals surface area contributed by atoms with Crippen LogP contribution in [0, 0.1) is 0 Å². The van der Waals surface area contributed by atoms with Crippen LogP contribution in [-0.2, 0) is 14.3 Å². The Balaban J connectivity index is 1.67. The molecule has 0 aliphatic carbocycles. The van der Waals surface area contributed by atoms with Gasteiger partial charge in [0.05, 0.1) is 16.9 Å². The van der Waals surface area contributed by atoms with Crippen molar-refractivity contribution >= 4 is 29.2 Å². The molecule has 0 saturated carbocycles. The number of hydrogen-bond donors (Lipinski definition) is 1. The van der Waals surface area contributed by atoms with Gasteiger partial charge in [-0.15, -0.1) is 13.2 Å². The normalized spacial score (nSPS) is 16.2. The maximum atomic E-state index is 12.7. The van der Waals surface area contributed by atoms with Crippen LogP contribution in [0.15, 0.2) is 48.5 Å². The maximum absolute atomic E-state index is 12.7. The lowest BCUT2D eigenvalue weighted by Crippen LogP contribution is -2.41. The number of ether oxygens (including phenoxy) is 2. The van der Waals surface area contributed by atoms with E-state index in [4.69, 9.17) is 4.74 Å². The first-order valence-corrected chi connectivity index (χ1v) is 8.88. The molecule has 0 saturated heterocycles. The number of alkyl halides is 3. The number of esters is 1. The molecule has 0 aromatic heterocycles. The second-order valence-corrected chi connectivity index (χ2v) is 6.53. The second kappa shape index (κ2) is 8.44. The summed E-state index contributed by atoms with van der Waals surface area (Å²) in [5, 5.41) is 2.72. The Labute approximate surface area is 169 Å². The van der Waals surface area contributed by atoms with Gasteiger partial charge in [0.15, 0.2) is 6.61 Å². The summed E-state index contributed by atoms with van der Waals surface area (Å²) in [5.41, 5.74) is 0.899. The average Bonchev–Trinajstić information content (AvgIpc) is 2.79. The summed E-state index contributed by atoms with van der Waals surface area (Å²) in [6.45, 7) is 1.09. The van der Waals surface area contributed by atoms with Gasteiger partial charge in [0.25, 0.3) is 5.91 Å². The minimum Gasteiger partial charge on any atom is -0.452 e. The lowest BCUT2D eigenvalue weighted by Gasteiger charge is -2.27. The van der Waals surface area contributed by atoms with E-state index in [9.17, 15) is 27.6 Å². The molecule has 2 aromatic rings. The minimum absolute atomic E-state index is 0.0431. The highest BCUT2D eigenvalue weighted by Crippen LogP contribution is 2.31. The Kier molecular flexibility index (Phi) is 5.95. The molecule has 0 bridgehead atoms. The zero-order valence-corrected chi connectivity index (χ0v) is 15.7. The Morgan fingerprint density at radius 2 is 1.80 bits per heavy atom. The van der Waals surface area contributed by atoms with Crippen molar-refractivity contribution in [1.82, 2.24) is 0 Å². The Morgan fingerprint density at radius 1 is 1.13 bits per heavy atom. The van der Waals surface area contributed by atoms with E-state index in [0.717, 1.165) is 24.3 Å². The molecule has 2 aromatic carbocycles. The van der Waals surface area contributed by atoms with Crippen LogP contribution in [0.3, 0.4) is 0 Å². The van der Waals surface area contributed by atoms with Crippen molar-refractivity contribution in [3.05, 3.63) is 54.1 Å². The number of carbonyl (C=O) groups is 3. The molecule has 10 heteroatoms. The number of anilines is 2. The van der Waals surface area contributed by atoms with Crippen molar-refractivity contribution in [3.63, 3.8) is 0 Å². The van der Waals surface area contributed by atoms with Crippen LogP contribution >= 0.6 is 0 Å². The lowest BCUT2D eigenvalue weighted by molar-refractivity contribution is -0.274. The predicted octanol–water partition coefficient (Wildman–Crippen LogP) is 3.51. The summed E-state index contributed by atoms with van der Waals surface area (Å²) in [6, 6.07) is 10.4. The summed E-state index contributed by atoms with van der Waals surface area (Å²) in [5.74, 6) is -2.16. The quantitative estimate of drug-likeness (QED) is 0.763. The molecule has 3 rings (SSSR count). The molecular formula is C20H17F3N2O5. The first-order valence-electron chi connectivity index (χ1n) is 8.88. The number of nitrogens with zero attached hydrogens (tertiary/aromatic N) is 1. The number of benzene rings is 2. The third-order valence-corrected chi connectivity index (χ3v) is 4.28. The van der Waals surface area contributed by atoms with Crippen LogP contribution < -0.4 is 15.0 Å². The van der Waals surface area contributed by atoms with Crippen molar-refractivity contribution in [2.24, 2.45) is 0 Å². The summed E-state index contributed by atoms with van der Waals surface area (Å²) in [7, 11) is 0. The molecule has 0 radical (unpaired) electrons. The fourth-order valence-corrected chi connectivity index (χ4v) is 3.04. The van der Waals surface area contributed by atoms with Crippen molar-refractivity contribution in [2.75, 3.05) is 16.8 Å². The molecule has 2 amide bonds. The molecule has 1 heterocycles. The number of para-hydroxylation sites is 2. The van der Waals surface area contributed by atoms with Gasteiger partial charge < -0.3 is 19.7 Å². The van der Waals surface area contributed by atoms with Crippen LogP contribution in [0.2, 0.25) is 0 Å². The smallest absolute Gasteiger partial charge is 0.452 e. The molecule has 0 fully saturated rings. The molecule has 1 unspecified atom stereocenters. The van der Waals surface area contributed by atoms with E-state index in [-0.39, 0.29) is 17.9 Å². The molecule has 1 atom stereocenters. The third-order valence-electron chi connectivity index (χ3n) is 4.28. The first kappa shape index (κ1) is 21.2. The van der Waals surface area contributed by atoms with E-state index in [1.165, 1.54) is 4.90 Å². The maximum Gasteiger partial charge on any atom is 0.573 e. The number of fused-ring (bicyclic) bond motifs is 1. The van der Waals surface area contributed by atoms with Gasteiger partial charge in [0.2, 0.25) is 5.91 Å². The van der Waals surface area contributed by atoms with Gasteiger partial charge >= 0.3 is 12.3 Å². The fourth-order valence-electron chi connectivity index (χ4n) is 3.04. The summed E-state index contributed by atoms with van der Waals surface area (Å²) < 4.78 is 45.3. The van der Waals surface area contributed by atoms with Crippen molar-refractivity contribution in [3.8, 4) is 5.75 Å². The van der Waals surface area contributed by atoms with E-state index in [1.54, 1.807) is 31.2 Å². The van der Waals surface area contributed by atoms with E-state index in [1.807, 2.05) is 0 Å². The summed E-state index contributed by atoms with van der Waals surface area (Å²) in [4.78, 5) is 38.2. The highest BCUT2D eigenvalue weighted by Gasteiger charge is 2.32. The Bertz CT molecular complexity index is 960. The molecule has 1 aliphatic heterocycles. The molecule has 30 heavy (non-hydrogen) atoms. The molecule has 0 spiro atoms. The van der Waals surface area contributed by atoms with Crippen LogP contribution in [0.4, 0.5) is 24.5 Å². The van der Waals surface area contributed by atoms with E-state index >= 15 is 0 Å². The number of rotatable bonds is 4. The van der Waals surface area contributed by atoms with Crippen LogP contribution in [0.1, 0.15) is 23.7 Å². The number of hydrogen-bond acceptors (Lipinski definition) is 5. The highest BCUT2D eigenvalue weighted by molar-refractivity contribution is 6.05. The summed E-state index contributed by atoms with van der Waals surface area (Å²) in [6.07, 6.45) is -4.78. The van der Waals surface area contributed by atoms with Gasteiger partial charge in [0, 0.05) is 12.5 Å². The van der Waals surface area contributed by atoms with Crippen LogP contribution in [0.5, 0.6) is 5.75 Å². The molecule has 158 valence electrons. The predicted molar refractivity (Wildman–Crippen MR) is 100 cm³/mol. The third kappa shape index (κ3) is 5.07. The molecule has 1 aliphatic rings. The molecule has 7 nitrogen and oxygen atoms in total. The summed E-state index contributed by atoms with van der Waals surface area (Å²) >= 11 is 0. The molecular weight excluding hydrogens is 405 g/mol. The van der Waals surface area contributed by atoms with Crippen LogP contribution in [-0.4, -0.2) is 36.8 Å². The largest absolute Gasteiger partial charge is 0.573 e. The minimum atomic E-state index is -4.84. The van der Waals surface area contributed by atoms with Gasteiger partial charge in [-0.2, -0.15) is 0 Å². The first-order chi connectivity index (χ1) is 14.1. The van der Waals surface area contributed by atoms with Crippen LogP contribution in [0.25, 0.3) is 0 Å². The fraction of sp³-hybridized carbons (Fsp3) is 0.250. The SMILES string of the molecule is CC1CC(=O)Nc2ccccc2N1C(=O)COC(=O)c1ccc(OC(F)(F)F)cc1. The Morgan fingerprint density at radius 3 is 2.47 bits per heavy atom. The van der Waals surface area contributed by atoms with Gasteiger partial charge in [-0.1, -0.05) is 12.1 Å². The monoisotopic (exact) mass is 422 g/mol. The van der Waals surface area contributed by atoms with Gasteiger partial charge in [-0.05, 0) is 43.3 Å². The van der Waals surface area contributed by atoms with Gasteiger partial charge in [-0.25, -0.2) is 4.79 Å². The highest BCUT2D eigenvalue weighted by atomic mass is 19.4. The van der Waals surface area contributed by atoms with E-state index in [2.05, 4.69) is 10.1 Å². The second-order valence-electron chi connectivity index (χ2n) is 6.53. The number of amides is 2. The average molecular weight is 422 g/mol. The van der Waals surface area contributed by atoms with Gasteiger partial charge in [-0.3, -0.25) is 9.59 Å². The zero-order chi connectivity index (χ0) is 21.9. The van der Waals surface area contributed by atoms with Crippen molar-refractivity contribution < 1.29 is 37.0 Å². The Hall–Kier alpha value is -3.56. The zero-order valence-electron chi connectivity index (χ0n) is 15.7. The molecule has 1 N–H and O–H groups in total.